The van der Waals surface area contributed by atoms with Crippen molar-refractivity contribution in [1.82, 2.24) is 20.7 Å². The van der Waals surface area contributed by atoms with E-state index in [2.05, 4.69) is 26.0 Å². The van der Waals surface area contributed by atoms with Gasteiger partial charge < -0.3 is 15.2 Å². The second-order valence-corrected chi connectivity index (χ2v) is 7.41. The van der Waals surface area contributed by atoms with Crippen LogP contribution in [-0.2, 0) is 11.2 Å². The molecule has 3 aromatic rings. The summed E-state index contributed by atoms with van der Waals surface area (Å²) in [4.78, 5) is 24.5. The SMILES string of the molecule is Cc1cc(CC(=O)Nc2cc(C3CCC(NC(=O)c4ccccc4)C3)[nH]n2)on1. The first-order valence-electron chi connectivity index (χ1n) is 9.70. The summed E-state index contributed by atoms with van der Waals surface area (Å²) in [5.41, 5.74) is 2.38. The van der Waals surface area contributed by atoms with Crippen LogP contribution >= 0.6 is 0 Å². The van der Waals surface area contributed by atoms with Crippen LogP contribution in [0.5, 0.6) is 0 Å². The number of rotatable bonds is 6. The number of nitrogens with one attached hydrogen (secondary N) is 3. The summed E-state index contributed by atoms with van der Waals surface area (Å²) < 4.78 is 5.06. The fraction of sp³-hybridized carbons (Fsp3) is 0.333. The molecule has 2 aromatic heterocycles. The third-order valence-electron chi connectivity index (χ3n) is 5.12. The van der Waals surface area contributed by atoms with Crippen molar-refractivity contribution in [3.8, 4) is 0 Å². The van der Waals surface area contributed by atoms with Crippen LogP contribution < -0.4 is 10.6 Å². The Labute approximate surface area is 168 Å². The van der Waals surface area contributed by atoms with E-state index in [4.69, 9.17) is 4.52 Å². The molecule has 0 aliphatic heterocycles. The van der Waals surface area contributed by atoms with E-state index in [1.807, 2.05) is 43.3 Å². The van der Waals surface area contributed by atoms with Gasteiger partial charge in [0.25, 0.3) is 5.91 Å². The van der Waals surface area contributed by atoms with Crippen LogP contribution in [0, 0.1) is 6.92 Å². The molecule has 150 valence electrons. The molecule has 29 heavy (non-hydrogen) atoms. The average Bonchev–Trinajstić information content (AvgIpc) is 3.44. The molecule has 2 unspecified atom stereocenters. The molecule has 2 amide bonds. The standard InChI is InChI=1S/C21H23N5O3/c1-13-9-17(29-26-13)11-20(27)23-19-12-18(24-25-19)15-7-8-16(10-15)22-21(28)14-5-3-2-4-6-14/h2-6,9,12,15-16H,7-8,10-11H2,1H3,(H,22,28)(H2,23,24,25,27). The highest BCUT2D eigenvalue weighted by Gasteiger charge is 2.28. The zero-order valence-electron chi connectivity index (χ0n) is 16.1. The molecule has 3 N–H and O–H groups in total. The third-order valence-corrected chi connectivity index (χ3v) is 5.12. The largest absolute Gasteiger partial charge is 0.361 e. The molecule has 1 saturated carbocycles. The van der Waals surface area contributed by atoms with Gasteiger partial charge in [-0.05, 0) is 38.3 Å². The van der Waals surface area contributed by atoms with Gasteiger partial charge in [0.05, 0.1) is 12.1 Å². The Bertz CT molecular complexity index is 995. The van der Waals surface area contributed by atoms with Crippen LogP contribution in [-0.4, -0.2) is 33.2 Å². The lowest BCUT2D eigenvalue weighted by atomic mass is 10.0. The van der Waals surface area contributed by atoms with Gasteiger partial charge in [-0.2, -0.15) is 5.10 Å². The van der Waals surface area contributed by atoms with Crippen LogP contribution in [0.3, 0.4) is 0 Å². The number of amides is 2. The summed E-state index contributed by atoms with van der Waals surface area (Å²) >= 11 is 0. The van der Waals surface area contributed by atoms with Crippen molar-refractivity contribution in [2.45, 2.75) is 44.6 Å². The smallest absolute Gasteiger partial charge is 0.251 e. The highest BCUT2D eigenvalue weighted by atomic mass is 16.5. The minimum absolute atomic E-state index is 0.0449. The van der Waals surface area contributed by atoms with E-state index in [0.717, 1.165) is 30.7 Å². The molecule has 0 spiro atoms. The van der Waals surface area contributed by atoms with Gasteiger partial charge in [-0.25, -0.2) is 0 Å². The number of aromatic amines is 1. The fourth-order valence-corrected chi connectivity index (χ4v) is 3.71. The fourth-order valence-electron chi connectivity index (χ4n) is 3.71. The van der Waals surface area contributed by atoms with Crippen molar-refractivity contribution < 1.29 is 14.1 Å². The van der Waals surface area contributed by atoms with E-state index < -0.39 is 0 Å². The number of anilines is 1. The molecular formula is C21H23N5O3. The van der Waals surface area contributed by atoms with Gasteiger partial charge >= 0.3 is 0 Å². The number of hydrogen-bond acceptors (Lipinski definition) is 5. The molecule has 1 aliphatic rings. The number of H-pyrrole nitrogens is 1. The normalized spacial score (nSPS) is 18.5. The molecular weight excluding hydrogens is 370 g/mol. The summed E-state index contributed by atoms with van der Waals surface area (Å²) in [5.74, 6) is 1.02. The van der Waals surface area contributed by atoms with E-state index in [0.29, 0.717) is 17.1 Å². The van der Waals surface area contributed by atoms with Gasteiger partial charge in [0.2, 0.25) is 5.91 Å². The highest BCUT2D eigenvalue weighted by Crippen LogP contribution is 2.34. The predicted octanol–water partition coefficient (Wildman–Crippen LogP) is 2.95. The summed E-state index contributed by atoms with van der Waals surface area (Å²) in [6, 6.07) is 12.9. The molecule has 2 heterocycles. The Hall–Kier alpha value is -3.42. The number of carbonyl (C=O) groups is 2. The number of aryl methyl sites for hydroxylation is 1. The quantitative estimate of drug-likeness (QED) is 0.596. The van der Waals surface area contributed by atoms with Crippen molar-refractivity contribution >= 4 is 17.6 Å². The Morgan fingerprint density at radius 3 is 2.79 bits per heavy atom. The second kappa shape index (κ2) is 8.30. The average molecular weight is 393 g/mol. The van der Waals surface area contributed by atoms with Crippen LogP contribution in [0.25, 0.3) is 0 Å². The monoisotopic (exact) mass is 393 g/mol. The van der Waals surface area contributed by atoms with Crippen molar-refractivity contribution in [2.75, 3.05) is 5.32 Å². The molecule has 0 saturated heterocycles. The first-order chi connectivity index (χ1) is 14.1. The predicted molar refractivity (Wildman–Crippen MR) is 106 cm³/mol. The molecule has 1 fully saturated rings. The van der Waals surface area contributed by atoms with Crippen LogP contribution in [0.2, 0.25) is 0 Å². The summed E-state index contributed by atoms with van der Waals surface area (Å²) in [6.45, 7) is 1.81. The lowest BCUT2D eigenvalue weighted by Gasteiger charge is -2.13. The van der Waals surface area contributed by atoms with Crippen molar-refractivity contribution in [3.63, 3.8) is 0 Å². The Balaban J connectivity index is 1.29. The zero-order chi connectivity index (χ0) is 20.2. The summed E-state index contributed by atoms with van der Waals surface area (Å²) in [6.07, 6.45) is 2.81. The Morgan fingerprint density at radius 2 is 2.03 bits per heavy atom. The zero-order valence-corrected chi connectivity index (χ0v) is 16.1. The molecule has 1 aromatic carbocycles. The van der Waals surface area contributed by atoms with Crippen molar-refractivity contribution in [3.05, 3.63) is 65.2 Å². The minimum Gasteiger partial charge on any atom is -0.361 e. The number of nitrogens with zero attached hydrogens (tertiary/aromatic N) is 2. The molecule has 0 radical (unpaired) electrons. The van der Waals surface area contributed by atoms with Crippen molar-refractivity contribution in [2.24, 2.45) is 0 Å². The van der Waals surface area contributed by atoms with E-state index in [-0.39, 0.29) is 30.2 Å². The minimum atomic E-state index is -0.210. The first kappa shape index (κ1) is 18.9. The molecule has 2 atom stereocenters. The molecule has 4 rings (SSSR count). The number of aromatic nitrogens is 3. The number of hydrogen-bond donors (Lipinski definition) is 3. The summed E-state index contributed by atoms with van der Waals surface area (Å²) in [7, 11) is 0. The second-order valence-electron chi connectivity index (χ2n) is 7.41. The van der Waals surface area contributed by atoms with Crippen LogP contribution in [0.15, 0.2) is 47.0 Å². The molecule has 8 nitrogen and oxygen atoms in total. The van der Waals surface area contributed by atoms with E-state index in [1.54, 1.807) is 6.07 Å². The van der Waals surface area contributed by atoms with Gasteiger partial charge in [0.1, 0.15) is 5.76 Å². The first-order valence-corrected chi connectivity index (χ1v) is 9.70. The summed E-state index contributed by atoms with van der Waals surface area (Å²) in [5, 5.41) is 16.9. The maximum Gasteiger partial charge on any atom is 0.251 e. The van der Waals surface area contributed by atoms with E-state index in [1.165, 1.54) is 0 Å². The topological polar surface area (TPSA) is 113 Å². The number of carbonyl (C=O) groups excluding carboxylic acids is 2. The Kier molecular flexibility index (Phi) is 5.41. The third kappa shape index (κ3) is 4.71. The van der Waals surface area contributed by atoms with Gasteiger partial charge in [0, 0.05) is 35.3 Å². The lowest BCUT2D eigenvalue weighted by molar-refractivity contribution is -0.115. The lowest BCUT2D eigenvalue weighted by Crippen LogP contribution is -2.32. The Morgan fingerprint density at radius 1 is 1.21 bits per heavy atom. The molecule has 0 bridgehead atoms. The van der Waals surface area contributed by atoms with Gasteiger partial charge in [-0.15, -0.1) is 0 Å². The molecule has 1 aliphatic carbocycles. The van der Waals surface area contributed by atoms with Gasteiger partial charge in [-0.1, -0.05) is 23.4 Å². The van der Waals surface area contributed by atoms with Gasteiger partial charge in [-0.3, -0.25) is 14.7 Å². The highest BCUT2D eigenvalue weighted by molar-refractivity contribution is 5.94. The van der Waals surface area contributed by atoms with E-state index in [9.17, 15) is 9.59 Å². The van der Waals surface area contributed by atoms with Gasteiger partial charge in [0.15, 0.2) is 5.82 Å². The van der Waals surface area contributed by atoms with Crippen LogP contribution in [0.1, 0.15) is 52.7 Å². The number of benzene rings is 1. The maximum absolute atomic E-state index is 12.3. The van der Waals surface area contributed by atoms with Crippen molar-refractivity contribution in [1.29, 1.82) is 0 Å². The van der Waals surface area contributed by atoms with Crippen LogP contribution in [0.4, 0.5) is 5.82 Å². The molecule has 8 heteroatoms. The van der Waals surface area contributed by atoms with E-state index >= 15 is 0 Å². The maximum atomic E-state index is 12.3.